The van der Waals surface area contributed by atoms with E-state index in [-0.39, 0.29) is 0 Å². The van der Waals surface area contributed by atoms with Gasteiger partial charge in [-0.2, -0.15) is 0 Å². The Morgan fingerprint density at radius 2 is 1.88 bits per heavy atom. The van der Waals surface area contributed by atoms with Crippen LogP contribution in [0, 0.1) is 0 Å². The van der Waals surface area contributed by atoms with E-state index >= 15 is 0 Å². The van der Waals surface area contributed by atoms with Gasteiger partial charge in [-0.25, -0.2) is 0 Å². The highest BCUT2D eigenvalue weighted by molar-refractivity contribution is 4.72. The van der Waals surface area contributed by atoms with Crippen LogP contribution in [0.15, 0.2) is 0 Å². The summed E-state index contributed by atoms with van der Waals surface area (Å²) in [6, 6.07) is 1.27. The van der Waals surface area contributed by atoms with Crippen LogP contribution >= 0.6 is 0 Å². The molecule has 0 aromatic rings. The number of likely N-dealkylation sites (tertiary alicyclic amines) is 1. The lowest BCUT2D eigenvalue weighted by Crippen LogP contribution is -2.43. The van der Waals surface area contributed by atoms with Crippen molar-refractivity contribution in [2.45, 2.75) is 52.1 Å². The second-order valence-electron chi connectivity index (χ2n) is 5.60. The smallest absolute Gasteiger partial charge is 0.0189 e. The molecule has 0 bridgehead atoms. The summed E-state index contributed by atoms with van der Waals surface area (Å²) in [7, 11) is 2.25. The molecule has 1 saturated heterocycles. The zero-order valence-corrected chi connectivity index (χ0v) is 12.2. The average Bonchev–Trinajstić information content (AvgIpc) is 2.85. The van der Waals surface area contributed by atoms with Crippen molar-refractivity contribution in [1.82, 2.24) is 15.1 Å². The predicted molar refractivity (Wildman–Crippen MR) is 75.5 cm³/mol. The summed E-state index contributed by atoms with van der Waals surface area (Å²) in [6.45, 7) is 13.0. The summed E-state index contributed by atoms with van der Waals surface area (Å²) in [5.74, 6) is 0. The molecule has 1 heterocycles. The van der Waals surface area contributed by atoms with Gasteiger partial charge in [-0.1, -0.05) is 6.92 Å². The first-order valence-electron chi connectivity index (χ1n) is 7.29. The topological polar surface area (TPSA) is 18.5 Å². The maximum Gasteiger partial charge on any atom is 0.0189 e. The fourth-order valence-electron chi connectivity index (χ4n) is 2.20. The lowest BCUT2D eigenvalue weighted by molar-refractivity contribution is 0.208. The molecule has 0 saturated carbocycles. The Balaban J connectivity index is 2.10. The zero-order valence-electron chi connectivity index (χ0n) is 12.2. The van der Waals surface area contributed by atoms with Crippen LogP contribution in [0.5, 0.6) is 0 Å². The van der Waals surface area contributed by atoms with Gasteiger partial charge >= 0.3 is 0 Å². The van der Waals surface area contributed by atoms with Crippen LogP contribution < -0.4 is 5.32 Å². The summed E-state index contributed by atoms with van der Waals surface area (Å²) < 4.78 is 0. The van der Waals surface area contributed by atoms with Gasteiger partial charge < -0.3 is 15.1 Å². The van der Waals surface area contributed by atoms with E-state index in [4.69, 9.17) is 0 Å². The summed E-state index contributed by atoms with van der Waals surface area (Å²) in [4.78, 5) is 5.07. The third-order valence-corrected chi connectivity index (χ3v) is 4.09. The molecule has 1 rings (SSSR count). The molecular weight excluding hydrogens is 210 g/mol. The van der Waals surface area contributed by atoms with E-state index in [1.807, 2.05) is 0 Å². The van der Waals surface area contributed by atoms with Crippen molar-refractivity contribution < 1.29 is 0 Å². The molecule has 0 aliphatic carbocycles. The predicted octanol–water partition coefficient (Wildman–Crippen LogP) is 1.79. The van der Waals surface area contributed by atoms with Crippen molar-refractivity contribution in [1.29, 1.82) is 0 Å². The van der Waals surface area contributed by atoms with Crippen LogP contribution in [0.25, 0.3) is 0 Å². The second kappa shape index (κ2) is 8.06. The highest BCUT2D eigenvalue weighted by atomic mass is 15.2. The van der Waals surface area contributed by atoms with Crippen molar-refractivity contribution >= 4 is 0 Å². The summed E-state index contributed by atoms with van der Waals surface area (Å²) >= 11 is 0. The van der Waals surface area contributed by atoms with Crippen LogP contribution in [-0.2, 0) is 0 Å². The van der Waals surface area contributed by atoms with Crippen LogP contribution in [0.3, 0.4) is 0 Å². The molecule has 0 aromatic heterocycles. The van der Waals surface area contributed by atoms with Gasteiger partial charge in [-0.3, -0.25) is 0 Å². The monoisotopic (exact) mass is 241 g/mol. The van der Waals surface area contributed by atoms with Crippen molar-refractivity contribution in [2.24, 2.45) is 0 Å². The van der Waals surface area contributed by atoms with Gasteiger partial charge in [0, 0.05) is 31.7 Å². The largest absolute Gasteiger partial charge is 0.313 e. The Morgan fingerprint density at radius 1 is 1.24 bits per heavy atom. The standard InChI is InChI=1S/C14H31N3/c1-5-13(2)15-12-14(3)16(4)10-11-17-8-6-7-9-17/h13-15H,5-12H2,1-4H3. The van der Waals surface area contributed by atoms with E-state index < -0.39 is 0 Å². The van der Waals surface area contributed by atoms with Crippen molar-refractivity contribution in [3.63, 3.8) is 0 Å². The number of hydrogen-bond donors (Lipinski definition) is 1. The van der Waals surface area contributed by atoms with Gasteiger partial charge in [0.2, 0.25) is 0 Å². The molecule has 3 heteroatoms. The van der Waals surface area contributed by atoms with Gasteiger partial charge in [-0.15, -0.1) is 0 Å². The minimum absolute atomic E-state index is 0.631. The maximum atomic E-state index is 3.59. The Hall–Kier alpha value is -0.120. The normalized spacial score (nSPS) is 21.0. The molecule has 2 atom stereocenters. The minimum atomic E-state index is 0.631. The minimum Gasteiger partial charge on any atom is -0.313 e. The molecule has 0 aromatic carbocycles. The number of hydrogen-bond acceptors (Lipinski definition) is 3. The lowest BCUT2D eigenvalue weighted by Gasteiger charge is -2.28. The summed E-state index contributed by atoms with van der Waals surface area (Å²) in [6.07, 6.45) is 4.01. The van der Waals surface area contributed by atoms with E-state index in [1.54, 1.807) is 0 Å². The van der Waals surface area contributed by atoms with E-state index in [9.17, 15) is 0 Å². The van der Waals surface area contributed by atoms with Crippen LogP contribution in [-0.4, -0.2) is 61.7 Å². The molecule has 0 spiro atoms. The van der Waals surface area contributed by atoms with Gasteiger partial charge in [0.25, 0.3) is 0 Å². The first kappa shape index (κ1) is 14.9. The molecule has 0 amide bonds. The van der Waals surface area contributed by atoms with Gasteiger partial charge in [-0.05, 0) is 53.2 Å². The number of nitrogens with one attached hydrogen (secondary N) is 1. The highest BCUT2D eigenvalue weighted by Gasteiger charge is 2.14. The summed E-state index contributed by atoms with van der Waals surface area (Å²) in [5, 5.41) is 3.59. The third-order valence-electron chi connectivity index (χ3n) is 4.09. The molecular formula is C14H31N3. The third kappa shape index (κ3) is 5.84. The zero-order chi connectivity index (χ0) is 12.7. The summed E-state index contributed by atoms with van der Waals surface area (Å²) in [5.41, 5.74) is 0. The van der Waals surface area contributed by atoms with Gasteiger partial charge in [0.05, 0.1) is 0 Å². The maximum absolute atomic E-state index is 3.59. The van der Waals surface area contributed by atoms with Crippen molar-refractivity contribution in [3.05, 3.63) is 0 Å². The quantitative estimate of drug-likeness (QED) is 0.699. The second-order valence-corrected chi connectivity index (χ2v) is 5.60. The first-order chi connectivity index (χ1) is 8.13. The molecule has 3 nitrogen and oxygen atoms in total. The Bertz CT molecular complexity index is 190. The Kier molecular flexibility index (Phi) is 7.09. The molecule has 1 aliphatic rings. The molecule has 1 N–H and O–H groups in total. The molecule has 2 unspecified atom stereocenters. The van der Waals surface area contributed by atoms with E-state index in [0.29, 0.717) is 12.1 Å². The SMILES string of the molecule is CCC(C)NCC(C)N(C)CCN1CCCC1. The van der Waals surface area contributed by atoms with E-state index in [0.717, 1.165) is 6.54 Å². The van der Waals surface area contributed by atoms with Crippen LogP contribution in [0.1, 0.15) is 40.0 Å². The first-order valence-corrected chi connectivity index (χ1v) is 7.29. The Labute approximate surface area is 108 Å². The molecule has 0 radical (unpaired) electrons. The van der Waals surface area contributed by atoms with Gasteiger partial charge in [0.15, 0.2) is 0 Å². The van der Waals surface area contributed by atoms with Gasteiger partial charge in [0.1, 0.15) is 0 Å². The molecule has 102 valence electrons. The van der Waals surface area contributed by atoms with Crippen LogP contribution in [0.4, 0.5) is 0 Å². The van der Waals surface area contributed by atoms with Crippen molar-refractivity contribution in [2.75, 3.05) is 39.8 Å². The number of rotatable bonds is 8. The van der Waals surface area contributed by atoms with E-state index in [1.165, 1.54) is 45.4 Å². The number of likely N-dealkylation sites (N-methyl/N-ethyl adjacent to an activating group) is 1. The Morgan fingerprint density at radius 3 is 2.47 bits per heavy atom. The lowest BCUT2D eigenvalue weighted by atomic mass is 10.2. The number of nitrogens with zero attached hydrogens (tertiary/aromatic N) is 2. The molecule has 1 fully saturated rings. The average molecular weight is 241 g/mol. The molecule has 1 aliphatic heterocycles. The fourth-order valence-corrected chi connectivity index (χ4v) is 2.20. The van der Waals surface area contributed by atoms with E-state index in [2.05, 4.69) is 42.9 Å². The highest BCUT2D eigenvalue weighted by Crippen LogP contribution is 2.07. The molecule has 17 heavy (non-hydrogen) atoms. The van der Waals surface area contributed by atoms with Crippen molar-refractivity contribution in [3.8, 4) is 0 Å². The van der Waals surface area contributed by atoms with Crippen LogP contribution in [0.2, 0.25) is 0 Å². The fraction of sp³-hybridized carbons (Fsp3) is 1.00.